The Bertz CT molecular complexity index is 2630. The van der Waals surface area contributed by atoms with Crippen LogP contribution in [0.15, 0.2) is 158 Å². The van der Waals surface area contributed by atoms with E-state index in [1.165, 1.54) is 53.2 Å². The van der Waals surface area contributed by atoms with Crippen LogP contribution in [0, 0.1) is 0 Å². The number of halogens is 1. The second-order valence-corrected chi connectivity index (χ2v) is 13.2. The first-order chi connectivity index (χ1) is 23.7. The largest absolute Gasteiger partial charge is 0.226 e. The van der Waals surface area contributed by atoms with Gasteiger partial charge in [-0.15, -0.1) is 11.3 Å². The molecular formula is C43H26ClN3S. The Morgan fingerprint density at radius 3 is 1.81 bits per heavy atom. The molecule has 0 aliphatic heterocycles. The van der Waals surface area contributed by atoms with E-state index in [9.17, 15) is 0 Å². The Hall–Kier alpha value is -5.68. The molecule has 2 aromatic heterocycles. The molecule has 2 heterocycles. The van der Waals surface area contributed by atoms with E-state index in [-0.39, 0.29) is 5.28 Å². The fourth-order valence-corrected chi connectivity index (χ4v) is 7.73. The predicted molar refractivity (Wildman–Crippen MR) is 202 cm³/mol. The molecule has 0 aliphatic rings. The van der Waals surface area contributed by atoms with Crippen molar-refractivity contribution in [3.63, 3.8) is 0 Å². The van der Waals surface area contributed by atoms with Crippen LogP contribution in [0.3, 0.4) is 0 Å². The van der Waals surface area contributed by atoms with Gasteiger partial charge in [-0.2, -0.15) is 9.97 Å². The number of aromatic nitrogens is 3. The van der Waals surface area contributed by atoms with Crippen LogP contribution in [0.4, 0.5) is 0 Å². The second-order valence-electron chi connectivity index (χ2n) is 11.8. The first kappa shape index (κ1) is 28.5. The zero-order chi connectivity index (χ0) is 32.0. The maximum Gasteiger partial charge on any atom is 0.226 e. The van der Waals surface area contributed by atoms with Crippen LogP contribution in [0.5, 0.6) is 0 Å². The van der Waals surface area contributed by atoms with Gasteiger partial charge in [0.1, 0.15) is 0 Å². The maximum absolute atomic E-state index is 6.52. The van der Waals surface area contributed by atoms with E-state index in [0.29, 0.717) is 11.6 Å². The van der Waals surface area contributed by atoms with Gasteiger partial charge in [0.15, 0.2) is 11.6 Å². The lowest BCUT2D eigenvalue weighted by Crippen LogP contribution is -1.97. The van der Waals surface area contributed by atoms with Crippen LogP contribution in [-0.4, -0.2) is 15.0 Å². The summed E-state index contributed by atoms with van der Waals surface area (Å²) in [5.41, 5.74) is 8.80. The third kappa shape index (κ3) is 5.22. The Labute approximate surface area is 286 Å². The lowest BCUT2D eigenvalue weighted by atomic mass is 9.93. The molecule has 0 saturated carbocycles. The molecule has 0 spiro atoms. The highest BCUT2D eigenvalue weighted by atomic mass is 35.5. The highest BCUT2D eigenvalue weighted by Crippen LogP contribution is 2.37. The molecule has 0 bridgehead atoms. The third-order valence-electron chi connectivity index (χ3n) is 8.88. The lowest BCUT2D eigenvalue weighted by molar-refractivity contribution is 1.07. The normalized spacial score (nSPS) is 11.4. The summed E-state index contributed by atoms with van der Waals surface area (Å²) >= 11 is 8.31. The molecule has 0 amide bonds. The van der Waals surface area contributed by atoms with E-state index < -0.39 is 0 Å². The molecule has 5 heteroatoms. The van der Waals surface area contributed by atoms with Crippen molar-refractivity contribution in [2.75, 3.05) is 0 Å². The molecule has 9 rings (SSSR count). The van der Waals surface area contributed by atoms with Gasteiger partial charge in [0, 0.05) is 31.3 Å². The third-order valence-corrected chi connectivity index (χ3v) is 10.2. The lowest BCUT2D eigenvalue weighted by Gasteiger charge is -2.11. The minimum Gasteiger partial charge on any atom is -0.208 e. The van der Waals surface area contributed by atoms with Crippen molar-refractivity contribution < 1.29 is 0 Å². The Kier molecular flexibility index (Phi) is 7.04. The van der Waals surface area contributed by atoms with Gasteiger partial charge < -0.3 is 0 Å². The molecule has 48 heavy (non-hydrogen) atoms. The molecule has 0 radical (unpaired) electrons. The zero-order valence-electron chi connectivity index (χ0n) is 25.6. The average molecular weight is 652 g/mol. The molecule has 3 nitrogen and oxygen atoms in total. The number of nitrogens with zero attached hydrogens (tertiary/aromatic N) is 3. The van der Waals surface area contributed by atoms with Crippen LogP contribution >= 0.6 is 22.9 Å². The summed E-state index contributed by atoms with van der Waals surface area (Å²) < 4.78 is 2.49. The average Bonchev–Trinajstić information content (AvgIpc) is 3.53. The number of thiophene rings is 1. The Morgan fingerprint density at radius 1 is 0.375 bits per heavy atom. The minimum atomic E-state index is 0.171. The number of hydrogen-bond acceptors (Lipinski definition) is 4. The zero-order valence-corrected chi connectivity index (χ0v) is 27.2. The SMILES string of the molecule is Clc1nc(-c2cccc(-c3ccc4cccc(-c5ccc(-c6ccccc6)cc5)c4c3)c2)nc(-c2ccc3sc4ccccc4c3c2)n1. The maximum atomic E-state index is 6.52. The molecule has 0 saturated heterocycles. The summed E-state index contributed by atoms with van der Waals surface area (Å²) in [5.74, 6) is 1.10. The van der Waals surface area contributed by atoms with E-state index in [2.05, 4.69) is 149 Å². The summed E-state index contributed by atoms with van der Waals surface area (Å²) in [5, 5.41) is 4.99. The summed E-state index contributed by atoms with van der Waals surface area (Å²) in [7, 11) is 0. The topological polar surface area (TPSA) is 38.7 Å². The molecule has 0 fully saturated rings. The van der Waals surface area contributed by atoms with Gasteiger partial charge in [0.25, 0.3) is 0 Å². The van der Waals surface area contributed by atoms with Gasteiger partial charge in [-0.3, -0.25) is 0 Å². The molecular weight excluding hydrogens is 626 g/mol. The Balaban J connectivity index is 1.08. The van der Waals surface area contributed by atoms with Crippen LogP contribution in [0.2, 0.25) is 5.28 Å². The summed E-state index contributed by atoms with van der Waals surface area (Å²) in [6.45, 7) is 0. The summed E-state index contributed by atoms with van der Waals surface area (Å²) in [6, 6.07) is 55.6. The first-order valence-electron chi connectivity index (χ1n) is 15.8. The van der Waals surface area contributed by atoms with Gasteiger partial charge in [0.05, 0.1) is 0 Å². The number of rotatable bonds is 5. The van der Waals surface area contributed by atoms with Gasteiger partial charge >= 0.3 is 0 Å². The number of fused-ring (bicyclic) bond motifs is 4. The van der Waals surface area contributed by atoms with E-state index in [4.69, 9.17) is 16.6 Å². The van der Waals surface area contributed by atoms with E-state index in [0.717, 1.165) is 22.3 Å². The second kappa shape index (κ2) is 11.8. The molecule has 0 aliphatic carbocycles. The van der Waals surface area contributed by atoms with Crippen molar-refractivity contribution in [3.8, 4) is 56.2 Å². The molecule has 7 aromatic carbocycles. The summed E-state index contributed by atoms with van der Waals surface area (Å²) in [4.78, 5) is 14.0. The fraction of sp³-hybridized carbons (Fsp3) is 0. The molecule has 9 aromatic rings. The monoisotopic (exact) mass is 651 g/mol. The summed E-state index contributed by atoms with van der Waals surface area (Å²) in [6.07, 6.45) is 0. The van der Waals surface area contributed by atoms with Gasteiger partial charge in [0.2, 0.25) is 5.28 Å². The van der Waals surface area contributed by atoms with Crippen LogP contribution in [0.25, 0.3) is 87.1 Å². The van der Waals surface area contributed by atoms with Gasteiger partial charge in [-0.25, -0.2) is 4.98 Å². The van der Waals surface area contributed by atoms with Crippen molar-refractivity contribution in [3.05, 3.63) is 163 Å². The van der Waals surface area contributed by atoms with Crippen LogP contribution in [0.1, 0.15) is 0 Å². The van der Waals surface area contributed by atoms with Crippen molar-refractivity contribution in [2.24, 2.45) is 0 Å². The standard InChI is InChI=1S/C43H26ClN3S/c44-43-46-41(45-42(47-43)34-22-23-40-38(26-34)36-13-4-5-15-39(36)48-40)33-12-6-11-31(24-33)32-21-20-29-10-7-14-35(37(29)25-32)30-18-16-28(17-19-30)27-8-2-1-3-9-27/h1-26H. The van der Waals surface area contributed by atoms with E-state index in [1.54, 1.807) is 11.3 Å². The number of hydrogen-bond donors (Lipinski definition) is 0. The predicted octanol–water partition coefficient (Wildman–Crippen LogP) is 12.4. The first-order valence-corrected chi connectivity index (χ1v) is 17.0. The van der Waals surface area contributed by atoms with Crippen LogP contribution < -0.4 is 0 Å². The molecule has 0 atom stereocenters. The van der Waals surface area contributed by atoms with Crippen molar-refractivity contribution >= 4 is 53.9 Å². The molecule has 0 N–H and O–H groups in total. The quantitative estimate of drug-likeness (QED) is 0.186. The molecule has 226 valence electrons. The van der Waals surface area contributed by atoms with E-state index in [1.807, 2.05) is 18.2 Å². The van der Waals surface area contributed by atoms with Crippen molar-refractivity contribution in [1.29, 1.82) is 0 Å². The van der Waals surface area contributed by atoms with E-state index >= 15 is 0 Å². The fourth-order valence-electron chi connectivity index (χ4n) is 6.49. The highest BCUT2D eigenvalue weighted by Gasteiger charge is 2.14. The van der Waals surface area contributed by atoms with Crippen molar-refractivity contribution in [1.82, 2.24) is 15.0 Å². The van der Waals surface area contributed by atoms with Gasteiger partial charge in [-0.05, 0) is 92.2 Å². The Morgan fingerprint density at radius 2 is 0.958 bits per heavy atom. The van der Waals surface area contributed by atoms with Gasteiger partial charge in [-0.1, -0.05) is 121 Å². The number of benzene rings is 7. The molecule has 0 unspecified atom stereocenters. The van der Waals surface area contributed by atoms with Crippen molar-refractivity contribution in [2.45, 2.75) is 0 Å². The minimum absolute atomic E-state index is 0.171. The smallest absolute Gasteiger partial charge is 0.208 e. The van der Waals surface area contributed by atoms with Crippen LogP contribution in [-0.2, 0) is 0 Å². The highest BCUT2D eigenvalue weighted by molar-refractivity contribution is 7.25.